The van der Waals surface area contributed by atoms with Crippen molar-refractivity contribution in [1.29, 1.82) is 0 Å². The first-order valence-corrected chi connectivity index (χ1v) is 8.67. The van der Waals surface area contributed by atoms with Crippen LogP contribution in [0.4, 0.5) is 0 Å². The second-order valence-electron chi connectivity index (χ2n) is 5.41. The van der Waals surface area contributed by atoms with E-state index in [0.29, 0.717) is 0 Å². The van der Waals surface area contributed by atoms with E-state index < -0.39 is 18.3 Å². The van der Waals surface area contributed by atoms with Crippen molar-refractivity contribution in [3.63, 3.8) is 0 Å². The Balaban J connectivity index is -0.000000116. The van der Waals surface area contributed by atoms with Gasteiger partial charge in [0.15, 0.2) is 0 Å². The zero-order chi connectivity index (χ0) is 19.8. The summed E-state index contributed by atoms with van der Waals surface area (Å²) in [5.41, 5.74) is 0. The zero-order valence-electron chi connectivity index (χ0n) is 16.2. The monoisotopic (exact) mass is 358 g/mol. The predicted octanol–water partition coefficient (Wildman–Crippen LogP) is 0.682. The van der Waals surface area contributed by atoms with E-state index in [9.17, 15) is 0 Å². The van der Waals surface area contributed by atoms with Gasteiger partial charge in [0.1, 0.15) is 0 Å². The van der Waals surface area contributed by atoms with E-state index in [-0.39, 0.29) is 19.8 Å². The second kappa shape index (κ2) is 30.6. The molecule has 3 unspecified atom stereocenters. The van der Waals surface area contributed by atoms with Crippen molar-refractivity contribution in [2.45, 2.75) is 78.6 Å². The van der Waals surface area contributed by atoms with E-state index in [1.165, 1.54) is 46.5 Å². The van der Waals surface area contributed by atoms with Crippen LogP contribution >= 0.6 is 0 Å². The van der Waals surface area contributed by atoms with Gasteiger partial charge in [-0.1, -0.05) is 26.7 Å². The lowest BCUT2D eigenvalue weighted by Crippen LogP contribution is -2.03. The van der Waals surface area contributed by atoms with Gasteiger partial charge in [-0.15, -0.1) is 0 Å². The first-order valence-electron chi connectivity index (χ1n) is 8.67. The molecule has 152 valence electrons. The fraction of sp³-hybridized carbons (Fsp3) is 1.00. The summed E-state index contributed by atoms with van der Waals surface area (Å²) in [6.45, 7) is 10.4. The number of aliphatic hydroxyl groups excluding tert-OH is 6. The van der Waals surface area contributed by atoms with Crippen LogP contribution in [-0.4, -0.2) is 82.0 Å². The Morgan fingerprint density at radius 1 is 0.625 bits per heavy atom. The van der Waals surface area contributed by atoms with Gasteiger partial charge in [0, 0.05) is 13.2 Å². The van der Waals surface area contributed by atoms with Crippen LogP contribution in [0, 0.1) is 0 Å². The lowest BCUT2D eigenvalue weighted by Gasteiger charge is -1.99. The Morgan fingerprint density at radius 2 is 0.833 bits per heavy atom. The highest BCUT2D eigenvalue weighted by Crippen LogP contribution is 1.91. The Kier molecular flexibility index (Phi) is 40.1. The Bertz CT molecular complexity index is 151. The van der Waals surface area contributed by atoms with Gasteiger partial charge in [-0.25, -0.2) is 0 Å². The summed E-state index contributed by atoms with van der Waals surface area (Å²) >= 11 is 0. The van der Waals surface area contributed by atoms with Crippen LogP contribution in [0.25, 0.3) is 0 Å². The molecule has 0 fully saturated rings. The molecule has 3 atom stereocenters. The molecule has 0 heterocycles. The maximum Gasteiger partial charge on any atom is 0.0742 e. The number of unbranched alkanes of at least 4 members (excludes halogenated alkanes) is 2. The van der Waals surface area contributed by atoms with Crippen molar-refractivity contribution in [2.75, 3.05) is 33.0 Å². The van der Waals surface area contributed by atoms with Gasteiger partial charge < -0.3 is 35.4 Å². The number of ether oxygens (including phenoxy) is 1. The molecule has 0 amide bonds. The van der Waals surface area contributed by atoms with Crippen LogP contribution in [0.3, 0.4) is 0 Å². The number of hydrogen-bond acceptors (Lipinski definition) is 7. The largest absolute Gasteiger partial charge is 0.394 e. The van der Waals surface area contributed by atoms with E-state index in [1.54, 1.807) is 0 Å². The van der Waals surface area contributed by atoms with Crippen molar-refractivity contribution >= 4 is 0 Å². The van der Waals surface area contributed by atoms with Gasteiger partial charge in [0.05, 0.1) is 38.1 Å². The molecule has 0 saturated carbocycles. The lowest BCUT2D eigenvalue weighted by molar-refractivity contribution is 0.110. The minimum absolute atomic E-state index is 0.139. The van der Waals surface area contributed by atoms with Crippen LogP contribution in [0.1, 0.15) is 60.3 Å². The summed E-state index contributed by atoms with van der Waals surface area (Å²) in [5, 5.41) is 48.0. The van der Waals surface area contributed by atoms with Crippen molar-refractivity contribution in [1.82, 2.24) is 0 Å². The number of hydrogen-bond donors (Lipinski definition) is 6. The topological polar surface area (TPSA) is 131 Å². The fourth-order valence-corrected chi connectivity index (χ4v) is 0.595. The average Bonchev–Trinajstić information content (AvgIpc) is 2.56. The Labute approximate surface area is 147 Å². The summed E-state index contributed by atoms with van der Waals surface area (Å²) in [5.74, 6) is 0. The standard InChI is InChI=1S/C8H18O.3C3H8O2/c1-3-5-7-9-8-6-4-2;3*1-3(5)2-4/h3-8H2,1-2H3;3*3-5H,2H2,1H3. The number of rotatable bonds is 9. The molecule has 0 spiro atoms. The molecule has 0 saturated heterocycles. The third kappa shape index (κ3) is 67.9. The minimum Gasteiger partial charge on any atom is -0.394 e. The van der Waals surface area contributed by atoms with Crippen LogP contribution in [0.5, 0.6) is 0 Å². The highest BCUT2D eigenvalue weighted by molar-refractivity contribution is 4.35. The molecule has 7 nitrogen and oxygen atoms in total. The third-order valence-corrected chi connectivity index (χ3v) is 2.08. The second-order valence-corrected chi connectivity index (χ2v) is 5.41. The highest BCUT2D eigenvalue weighted by atomic mass is 16.5. The molecule has 0 aliphatic carbocycles. The molecule has 0 bridgehead atoms. The van der Waals surface area contributed by atoms with E-state index in [2.05, 4.69) is 13.8 Å². The normalized spacial score (nSPS) is 13.1. The van der Waals surface area contributed by atoms with Crippen LogP contribution in [0.2, 0.25) is 0 Å². The Morgan fingerprint density at radius 3 is 0.958 bits per heavy atom. The molecule has 0 aliphatic heterocycles. The molecular weight excluding hydrogens is 316 g/mol. The molecule has 6 N–H and O–H groups in total. The fourth-order valence-electron chi connectivity index (χ4n) is 0.595. The van der Waals surface area contributed by atoms with Crippen molar-refractivity contribution in [3.05, 3.63) is 0 Å². The van der Waals surface area contributed by atoms with Gasteiger partial charge in [-0.2, -0.15) is 0 Å². The SMILES string of the molecule is CC(O)CO.CC(O)CO.CC(O)CO.CCCCOCCCC. The molecule has 7 heteroatoms. The Hall–Kier alpha value is -0.280. The van der Waals surface area contributed by atoms with Crippen molar-refractivity contribution < 1.29 is 35.4 Å². The smallest absolute Gasteiger partial charge is 0.0742 e. The molecule has 0 aromatic heterocycles. The molecule has 0 rings (SSSR count). The summed E-state index contributed by atoms with van der Waals surface area (Å²) in [6.07, 6.45) is 3.23. The maximum absolute atomic E-state index is 8.11. The van der Waals surface area contributed by atoms with Gasteiger partial charge in [-0.05, 0) is 33.6 Å². The van der Waals surface area contributed by atoms with E-state index in [4.69, 9.17) is 35.4 Å². The van der Waals surface area contributed by atoms with Crippen molar-refractivity contribution in [3.8, 4) is 0 Å². The lowest BCUT2D eigenvalue weighted by atomic mass is 10.3. The summed E-state index contributed by atoms with van der Waals surface area (Å²) in [4.78, 5) is 0. The third-order valence-electron chi connectivity index (χ3n) is 2.08. The van der Waals surface area contributed by atoms with Gasteiger partial charge in [-0.3, -0.25) is 0 Å². The van der Waals surface area contributed by atoms with E-state index in [0.717, 1.165) is 13.2 Å². The van der Waals surface area contributed by atoms with Crippen LogP contribution < -0.4 is 0 Å². The first kappa shape index (κ1) is 31.5. The average molecular weight is 359 g/mol. The van der Waals surface area contributed by atoms with E-state index >= 15 is 0 Å². The summed E-state index contributed by atoms with van der Waals surface area (Å²) < 4.78 is 5.31. The molecule has 0 radical (unpaired) electrons. The minimum atomic E-state index is -0.560. The molecular formula is C17H42O7. The van der Waals surface area contributed by atoms with Gasteiger partial charge in [0.25, 0.3) is 0 Å². The number of aliphatic hydroxyl groups is 6. The van der Waals surface area contributed by atoms with Crippen molar-refractivity contribution in [2.24, 2.45) is 0 Å². The molecule has 0 aliphatic rings. The van der Waals surface area contributed by atoms with Crippen LogP contribution in [0.15, 0.2) is 0 Å². The predicted molar refractivity (Wildman–Crippen MR) is 96.9 cm³/mol. The van der Waals surface area contributed by atoms with Crippen LogP contribution in [-0.2, 0) is 4.74 Å². The molecule has 0 aromatic carbocycles. The first-order chi connectivity index (χ1) is 11.2. The molecule has 24 heavy (non-hydrogen) atoms. The summed E-state index contributed by atoms with van der Waals surface area (Å²) in [6, 6.07) is 0. The maximum atomic E-state index is 8.11. The van der Waals surface area contributed by atoms with Gasteiger partial charge >= 0.3 is 0 Å². The quantitative estimate of drug-likeness (QED) is 0.334. The van der Waals surface area contributed by atoms with E-state index in [1.807, 2.05) is 0 Å². The van der Waals surface area contributed by atoms with Gasteiger partial charge in [0.2, 0.25) is 0 Å². The highest BCUT2D eigenvalue weighted by Gasteiger charge is 1.85. The molecule has 0 aromatic rings. The summed E-state index contributed by atoms with van der Waals surface area (Å²) in [7, 11) is 0. The zero-order valence-corrected chi connectivity index (χ0v) is 16.2.